The van der Waals surface area contributed by atoms with E-state index in [1.807, 2.05) is 6.92 Å². The normalized spacial score (nSPS) is 12.3. The van der Waals surface area contributed by atoms with Crippen LogP contribution in [0.25, 0.3) is 0 Å². The van der Waals surface area contributed by atoms with Gasteiger partial charge in [0.25, 0.3) is 0 Å². The maximum absolute atomic E-state index is 13.1. The molecule has 0 fully saturated rings. The van der Waals surface area contributed by atoms with Crippen molar-refractivity contribution in [3.05, 3.63) is 29.6 Å². The van der Waals surface area contributed by atoms with E-state index in [9.17, 15) is 9.18 Å². The molecule has 0 saturated heterocycles. The summed E-state index contributed by atoms with van der Waals surface area (Å²) in [7, 11) is 0. The van der Waals surface area contributed by atoms with Crippen molar-refractivity contribution in [3.8, 4) is 0 Å². The van der Waals surface area contributed by atoms with E-state index >= 15 is 0 Å². The first-order valence-electron chi connectivity index (χ1n) is 4.33. The van der Waals surface area contributed by atoms with Gasteiger partial charge < -0.3 is 11.1 Å². The largest absolute Gasteiger partial charge is 0.322 e. The Morgan fingerprint density at radius 1 is 1.57 bits per heavy atom. The Labute approximate surface area is 82.1 Å². The molecule has 0 aliphatic carbocycles. The van der Waals surface area contributed by atoms with E-state index in [1.165, 1.54) is 6.07 Å². The van der Waals surface area contributed by atoms with Gasteiger partial charge in [-0.15, -0.1) is 0 Å². The maximum atomic E-state index is 13.1. The van der Waals surface area contributed by atoms with Crippen LogP contribution < -0.4 is 11.1 Å². The lowest BCUT2D eigenvalue weighted by molar-refractivity contribution is -0.117. The lowest BCUT2D eigenvalue weighted by atomic mass is 10.2. The molecule has 14 heavy (non-hydrogen) atoms. The van der Waals surface area contributed by atoms with E-state index in [0.29, 0.717) is 0 Å². The number of amides is 1. The summed E-state index contributed by atoms with van der Waals surface area (Å²) in [6.07, 6.45) is 0. The summed E-state index contributed by atoms with van der Waals surface area (Å²) in [5.74, 6) is -0.848. The fraction of sp³-hybridized carbons (Fsp3) is 0.300. The molecular weight excluding hydrogens is 183 g/mol. The monoisotopic (exact) mass is 196 g/mol. The summed E-state index contributed by atoms with van der Waals surface area (Å²) < 4.78 is 13.1. The van der Waals surface area contributed by atoms with E-state index in [2.05, 4.69) is 5.32 Å². The Kier molecular flexibility index (Phi) is 3.19. The van der Waals surface area contributed by atoms with Crippen LogP contribution in [0.5, 0.6) is 0 Å². The van der Waals surface area contributed by atoms with Gasteiger partial charge in [0.05, 0.1) is 11.7 Å². The van der Waals surface area contributed by atoms with Gasteiger partial charge in [-0.1, -0.05) is 6.07 Å². The fourth-order valence-electron chi connectivity index (χ4n) is 0.981. The third-order valence-electron chi connectivity index (χ3n) is 1.79. The predicted octanol–water partition coefficient (Wildman–Crippen LogP) is 1.42. The van der Waals surface area contributed by atoms with Crippen molar-refractivity contribution < 1.29 is 9.18 Å². The van der Waals surface area contributed by atoms with E-state index in [1.54, 1.807) is 19.1 Å². The van der Waals surface area contributed by atoms with Gasteiger partial charge in [0.2, 0.25) is 5.91 Å². The average molecular weight is 196 g/mol. The van der Waals surface area contributed by atoms with Crippen LogP contribution in [0, 0.1) is 12.7 Å². The molecule has 0 heterocycles. The number of nitrogens with one attached hydrogen (secondary N) is 1. The van der Waals surface area contributed by atoms with Crippen molar-refractivity contribution in [2.24, 2.45) is 5.73 Å². The Morgan fingerprint density at radius 3 is 2.79 bits per heavy atom. The van der Waals surface area contributed by atoms with Gasteiger partial charge in [-0.05, 0) is 31.5 Å². The minimum Gasteiger partial charge on any atom is -0.322 e. The Hall–Kier alpha value is -1.42. The molecule has 0 saturated carbocycles. The molecule has 0 aliphatic rings. The van der Waals surface area contributed by atoms with Gasteiger partial charge in [0.1, 0.15) is 5.82 Å². The smallest absolute Gasteiger partial charge is 0.241 e. The number of halogens is 1. The van der Waals surface area contributed by atoms with Crippen LogP contribution in [0.15, 0.2) is 18.2 Å². The van der Waals surface area contributed by atoms with Gasteiger partial charge in [0, 0.05) is 0 Å². The molecule has 0 radical (unpaired) electrons. The highest BCUT2D eigenvalue weighted by molar-refractivity contribution is 5.94. The number of anilines is 1. The Balaban J connectivity index is 2.86. The summed E-state index contributed by atoms with van der Waals surface area (Å²) in [6, 6.07) is 3.87. The minimum atomic E-state index is -0.644. The highest BCUT2D eigenvalue weighted by Crippen LogP contribution is 2.15. The molecule has 1 amide bonds. The molecule has 3 N–H and O–H groups in total. The molecule has 0 spiro atoms. The molecular formula is C10H13FN2O. The zero-order chi connectivity index (χ0) is 10.7. The summed E-state index contributed by atoms with van der Waals surface area (Å²) in [4.78, 5) is 11.2. The van der Waals surface area contributed by atoms with E-state index < -0.39 is 17.8 Å². The molecule has 1 aromatic carbocycles. The molecule has 0 aromatic heterocycles. The first-order valence-corrected chi connectivity index (χ1v) is 4.33. The van der Waals surface area contributed by atoms with Crippen molar-refractivity contribution in [1.29, 1.82) is 0 Å². The van der Waals surface area contributed by atoms with Crippen LogP contribution in [0.2, 0.25) is 0 Å². The first-order chi connectivity index (χ1) is 6.50. The SMILES string of the molecule is Cc1ccc(F)c(NC(=O)[C@H](C)N)c1. The van der Waals surface area contributed by atoms with Crippen LogP contribution in [0.4, 0.5) is 10.1 Å². The van der Waals surface area contributed by atoms with E-state index in [4.69, 9.17) is 5.73 Å². The lowest BCUT2D eigenvalue weighted by Crippen LogP contribution is -2.32. The highest BCUT2D eigenvalue weighted by Gasteiger charge is 2.10. The summed E-state index contributed by atoms with van der Waals surface area (Å²) in [5, 5.41) is 2.41. The van der Waals surface area contributed by atoms with Crippen molar-refractivity contribution >= 4 is 11.6 Å². The Bertz CT molecular complexity index is 350. The van der Waals surface area contributed by atoms with Gasteiger partial charge in [-0.2, -0.15) is 0 Å². The number of nitrogens with two attached hydrogens (primary N) is 1. The molecule has 1 rings (SSSR count). The van der Waals surface area contributed by atoms with Crippen LogP contribution in [-0.4, -0.2) is 11.9 Å². The van der Waals surface area contributed by atoms with E-state index in [0.717, 1.165) is 5.56 Å². The third kappa shape index (κ3) is 2.53. The highest BCUT2D eigenvalue weighted by atomic mass is 19.1. The number of benzene rings is 1. The zero-order valence-electron chi connectivity index (χ0n) is 8.17. The van der Waals surface area contributed by atoms with Crippen LogP contribution in [-0.2, 0) is 4.79 Å². The topological polar surface area (TPSA) is 55.1 Å². The summed E-state index contributed by atoms with van der Waals surface area (Å²) in [5.41, 5.74) is 6.39. The quantitative estimate of drug-likeness (QED) is 0.751. The second-order valence-corrected chi connectivity index (χ2v) is 3.26. The van der Waals surface area contributed by atoms with Crippen LogP contribution in [0.3, 0.4) is 0 Å². The van der Waals surface area contributed by atoms with Gasteiger partial charge in [0.15, 0.2) is 0 Å². The van der Waals surface area contributed by atoms with E-state index in [-0.39, 0.29) is 5.69 Å². The standard InChI is InChI=1S/C10H13FN2O/c1-6-3-4-8(11)9(5-6)13-10(14)7(2)12/h3-5,7H,12H2,1-2H3,(H,13,14)/t7-/m0/s1. The number of carbonyl (C=O) groups is 1. The summed E-state index contributed by atoms with van der Waals surface area (Å²) in [6.45, 7) is 3.37. The van der Waals surface area contributed by atoms with Gasteiger partial charge in [-0.3, -0.25) is 4.79 Å². The molecule has 1 aromatic rings. The van der Waals surface area contributed by atoms with Crippen molar-refractivity contribution in [3.63, 3.8) is 0 Å². The maximum Gasteiger partial charge on any atom is 0.241 e. The molecule has 0 aliphatic heterocycles. The third-order valence-corrected chi connectivity index (χ3v) is 1.79. The van der Waals surface area contributed by atoms with Crippen molar-refractivity contribution in [2.45, 2.75) is 19.9 Å². The zero-order valence-corrected chi connectivity index (χ0v) is 8.17. The van der Waals surface area contributed by atoms with Crippen molar-refractivity contribution in [2.75, 3.05) is 5.32 Å². The van der Waals surface area contributed by atoms with Crippen LogP contribution in [0.1, 0.15) is 12.5 Å². The molecule has 3 nitrogen and oxygen atoms in total. The van der Waals surface area contributed by atoms with Gasteiger partial charge >= 0.3 is 0 Å². The number of hydrogen-bond acceptors (Lipinski definition) is 2. The molecule has 76 valence electrons. The number of hydrogen-bond donors (Lipinski definition) is 2. The summed E-state index contributed by atoms with van der Waals surface area (Å²) >= 11 is 0. The number of aryl methyl sites for hydroxylation is 1. The molecule has 0 bridgehead atoms. The first kappa shape index (κ1) is 10.7. The minimum absolute atomic E-state index is 0.173. The lowest BCUT2D eigenvalue weighted by Gasteiger charge is -2.09. The second-order valence-electron chi connectivity index (χ2n) is 3.26. The van der Waals surface area contributed by atoms with Crippen LogP contribution >= 0.6 is 0 Å². The second kappa shape index (κ2) is 4.19. The molecule has 1 atom stereocenters. The molecule has 0 unspecified atom stereocenters. The Morgan fingerprint density at radius 2 is 2.21 bits per heavy atom. The predicted molar refractivity (Wildman–Crippen MR) is 53.4 cm³/mol. The van der Waals surface area contributed by atoms with Gasteiger partial charge in [-0.25, -0.2) is 4.39 Å². The number of carbonyl (C=O) groups excluding carboxylic acids is 1. The van der Waals surface area contributed by atoms with Crippen molar-refractivity contribution in [1.82, 2.24) is 0 Å². The average Bonchev–Trinajstić information content (AvgIpc) is 2.11. The fourth-order valence-corrected chi connectivity index (χ4v) is 0.981. The number of rotatable bonds is 2. The molecule has 4 heteroatoms.